The summed E-state index contributed by atoms with van der Waals surface area (Å²) in [7, 11) is 1.81. The third-order valence-corrected chi connectivity index (χ3v) is 3.62. The monoisotopic (exact) mass is 276 g/mol. The van der Waals surface area contributed by atoms with E-state index in [1.54, 1.807) is 4.90 Å². The van der Waals surface area contributed by atoms with Gasteiger partial charge in [0.1, 0.15) is 0 Å². The minimum absolute atomic E-state index is 0.0000945. The predicted octanol–water partition coefficient (Wildman–Crippen LogP) is 2.93. The smallest absolute Gasteiger partial charge is 0.239 e. The summed E-state index contributed by atoms with van der Waals surface area (Å²) in [6, 6.07) is 8.02. The molecule has 1 amide bonds. The second-order valence-corrected chi connectivity index (χ2v) is 6.91. The van der Waals surface area contributed by atoms with Gasteiger partial charge in [-0.1, -0.05) is 58.9 Å². The maximum absolute atomic E-state index is 12.1. The fourth-order valence-corrected chi connectivity index (χ4v) is 2.00. The molecular formula is C17H28N2O. The molecule has 0 heterocycles. The molecule has 20 heavy (non-hydrogen) atoms. The second kappa shape index (κ2) is 6.40. The van der Waals surface area contributed by atoms with Crippen molar-refractivity contribution in [1.82, 2.24) is 4.90 Å². The number of amides is 1. The molecule has 0 saturated heterocycles. The Kier molecular flexibility index (Phi) is 5.35. The number of nitrogens with two attached hydrogens (primary N) is 1. The summed E-state index contributed by atoms with van der Waals surface area (Å²) in [5, 5.41) is 0. The number of carbonyl (C=O) groups excluding carboxylic acids is 1. The minimum atomic E-state index is -0.422. The molecule has 0 saturated carbocycles. The van der Waals surface area contributed by atoms with Crippen molar-refractivity contribution in [3.63, 3.8) is 0 Å². The van der Waals surface area contributed by atoms with Gasteiger partial charge in [0.2, 0.25) is 5.91 Å². The molecule has 1 aromatic carbocycles. The number of hydrogen-bond donors (Lipinski definition) is 1. The van der Waals surface area contributed by atoms with Crippen molar-refractivity contribution < 1.29 is 4.79 Å². The van der Waals surface area contributed by atoms with Gasteiger partial charge in [0.25, 0.3) is 0 Å². The SMILES string of the molecule is CC(C)[C@@H](N)C(=O)N(C)Cc1ccc(C(C)(C)C)cc1. The lowest BCUT2D eigenvalue weighted by Crippen LogP contribution is -2.44. The van der Waals surface area contributed by atoms with E-state index >= 15 is 0 Å². The number of carbonyl (C=O) groups is 1. The molecule has 112 valence electrons. The molecule has 0 radical (unpaired) electrons. The summed E-state index contributed by atoms with van der Waals surface area (Å²) in [5.74, 6) is 0.160. The number of hydrogen-bond acceptors (Lipinski definition) is 2. The Balaban J connectivity index is 2.72. The Morgan fingerprint density at radius 1 is 1.20 bits per heavy atom. The van der Waals surface area contributed by atoms with E-state index in [2.05, 4.69) is 45.0 Å². The predicted molar refractivity (Wildman–Crippen MR) is 84.4 cm³/mol. The van der Waals surface area contributed by atoms with E-state index in [9.17, 15) is 4.79 Å². The van der Waals surface area contributed by atoms with Gasteiger partial charge in [0, 0.05) is 13.6 Å². The molecular weight excluding hydrogens is 248 g/mol. The van der Waals surface area contributed by atoms with Gasteiger partial charge in [0.05, 0.1) is 6.04 Å². The van der Waals surface area contributed by atoms with Crippen molar-refractivity contribution in [2.45, 2.75) is 52.6 Å². The van der Waals surface area contributed by atoms with Crippen LogP contribution in [0, 0.1) is 5.92 Å². The van der Waals surface area contributed by atoms with Crippen molar-refractivity contribution in [1.29, 1.82) is 0 Å². The van der Waals surface area contributed by atoms with Gasteiger partial charge >= 0.3 is 0 Å². The standard InChI is InChI=1S/C17H28N2O/c1-12(2)15(18)16(20)19(6)11-13-7-9-14(10-8-13)17(3,4)5/h7-10,12,15H,11,18H2,1-6H3/t15-/m1/s1. The van der Waals surface area contributed by atoms with Crippen LogP contribution in [0.2, 0.25) is 0 Å². The zero-order chi connectivity index (χ0) is 15.5. The average Bonchev–Trinajstić information content (AvgIpc) is 2.36. The minimum Gasteiger partial charge on any atom is -0.340 e. The summed E-state index contributed by atoms with van der Waals surface area (Å²) in [5.41, 5.74) is 8.49. The highest BCUT2D eigenvalue weighted by Gasteiger charge is 2.21. The lowest BCUT2D eigenvalue weighted by Gasteiger charge is -2.24. The van der Waals surface area contributed by atoms with E-state index in [1.165, 1.54) is 5.56 Å². The van der Waals surface area contributed by atoms with E-state index in [0.717, 1.165) is 5.56 Å². The van der Waals surface area contributed by atoms with Gasteiger partial charge in [-0.25, -0.2) is 0 Å². The van der Waals surface area contributed by atoms with Crippen LogP contribution in [0.1, 0.15) is 45.7 Å². The largest absolute Gasteiger partial charge is 0.340 e. The molecule has 0 aliphatic heterocycles. The highest BCUT2D eigenvalue weighted by Crippen LogP contribution is 2.22. The van der Waals surface area contributed by atoms with Gasteiger partial charge in [-0.15, -0.1) is 0 Å². The van der Waals surface area contributed by atoms with Gasteiger partial charge in [-0.2, -0.15) is 0 Å². The molecule has 2 N–H and O–H groups in total. The first-order chi connectivity index (χ1) is 9.12. The normalized spacial score (nSPS) is 13.4. The van der Waals surface area contributed by atoms with Crippen LogP contribution in [0.15, 0.2) is 24.3 Å². The van der Waals surface area contributed by atoms with Crippen molar-refractivity contribution >= 4 is 5.91 Å². The van der Waals surface area contributed by atoms with Crippen LogP contribution >= 0.6 is 0 Å². The van der Waals surface area contributed by atoms with Crippen molar-refractivity contribution in [3.05, 3.63) is 35.4 Å². The van der Waals surface area contributed by atoms with E-state index in [1.807, 2.05) is 20.9 Å². The molecule has 0 aromatic heterocycles. The van der Waals surface area contributed by atoms with Crippen LogP contribution < -0.4 is 5.73 Å². The number of nitrogens with zero attached hydrogens (tertiary/aromatic N) is 1. The summed E-state index contributed by atoms with van der Waals surface area (Å²) in [6.07, 6.45) is 0. The van der Waals surface area contributed by atoms with Crippen LogP contribution in [0.25, 0.3) is 0 Å². The number of rotatable bonds is 4. The van der Waals surface area contributed by atoms with Gasteiger partial charge in [0.15, 0.2) is 0 Å². The van der Waals surface area contributed by atoms with Gasteiger partial charge in [-0.05, 0) is 22.5 Å². The molecule has 3 nitrogen and oxygen atoms in total. The van der Waals surface area contributed by atoms with Crippen molar-refractivity contribution in [3.8, 4) is 0 Å². The number of likely N-dealkylation sites (N-methyl/N-ethyl adjacent to an activating group) is 1. The second-order valence-electron chi connectivity index (χ2n) is 6.91. The summed E-state index contributed by atoms with van der Waals surface area (Å²) in [6.45, 7) is 11.1. The van der Waals surface area contributed by atoms with Crippen LogP contribution in [-0.4, -0.2) is 23.9 Å². The molecule has 1 aromatic rings. The van der Waals surface area contributed by atoms with Gasteiger partial charge < -0.3 is 10.6 Å². The third-order valence-electron chi connectivity index (χ3n) is 3.62. The van der Waals surface area contributed by atoms with Crippen molar-refractivity contribution in [2.24, 2.45) is 11.7 Å². The third kappa shape index (κ3) is 4.34. The fourth-order valence-electron chi connectivity index (χ4n) is 2.00. The summed E-state index contributed by atoms with van der Waals surface area (Å²) < 4.78 is 0. The maximum atomic E-state index is 12.1. The van der Waals surface area contributed by atoms with E-state index < -0.39 is 6.04 Å². The first kappa shape index (κ1) is 16.7. The quantitative estimate of drug-likeness (QED) is 0.919. The van der Waals surface area contributed by atoms with Crippen LogP contribution in [0.4, 0.5) is 0 Å². The molecule has 0 spiro atoms. The van der Waals surface area contributed by atoms with Crippen LogP contribution in [0.5, 0.6) is 0 Å². The average molecular weight is 276 g/mol. The van der Waals surface area contributed by atoms with E-state index in [4.69, 9.17) is 5.73 Å². The lowest BCUT2D eigenvalue weighted by atomic mass is 9.87. The molecule has 1 atom stereocenters. The van der Waals surface area contributed by atoms with Crippen molar-refractivity contribution in [2.75, 3.05) is 7.05 Å². The first-order valence-corrected chi connectivity index (χ1v) is 7.23. The van der Waals surface area contributed by atoms with Crippen LogP contribution in [-0.2, 0) is 16.8 Å². The molecule has 3 heteroatoms. The topological polar surface area (TPSA) is 46.3 Å². The molecule has 0 unspecified atom stereocenters. The Bertz CT molecular complexity index is 443. The highest BCUT2D eigenvalue weighted by atomic mass is 16.2. The van der Waals surface area contributed by atoms with E-state index in [-0.39, 0.29) is 17.2 Å². The number of benzene rings is 1. The molecule has 0 bridgehead atoms. The Morgan fingerprint density at radius 2 is 1.70 bits per heavy atom. The summed E-state index contributed by atoms with van der Waals surface area (Å²) >= 11 is 0. The lowest BCUT2D eigenvalue weighted by molar-refractivity contribution is -0.132. The Labute approximate surface area is 123 Å². The maximum Gasteiger partial charge on any atom is 0.239 e. The zero-order valence-corrected chi connectivity index (χ0v) is 13.6. The molecule has 0 fully saturated rings. The fraction of sp³-hybridized carbons (Fsp3) is 0.588. The van der Waals surface area contributed by atoms with E-state index in [0.29, 0.717) is 6.54 Å². The van der Waals surface area contributed by atoms with Crippen LogP contribution in [0.3, 0.4) is 0 Å². The molecule has 1 rings (SSSR count). The zero-order valence-electron chi connectivity index (χ0n) is 13.6. The molecule has 0 aliphatic rings. The Hall–Kier alpha value is -1.35. The molecule has 0 aliphatic carbocycles. The summed E-state index contributed by atoms with van der Waals surface area (Å²) in [4.78, 5) is 13.8. The Morgan fingerprint density at radius 3 is 2.10 bits per heavy atom. The first-order valence-electron chi connectivity index (χ1n) is 7.23. The highest BCUT2D eigenvalue weighted by molar-refractivity contribution is 5.81. The van der Waals surface area contributed by atoms with Gasteiger partial charge in [-0.3, -0.25) is 4.79 Å².